The number of aliphatic hydroxyl groups is 1. The van der Waals surface area contributed by atoms with Gasteiger partial charge in [0.05, 0.1) is 12.1 Å². The monoisotopic (exact) mass is 511 g/mol. The average molecular weight is 512 g/mol. The van der Waals surface area contributed by atoms with E-state index >= 15 is 0 Å². The number of guanidine groups is 1. The Labute approximate surface area is 218 Å². The van der Waals surface area contributed by atoms with Crippen molar-refractivity contribution < 1.29 is 19.4 Å². The van der Waals surface area contributed by atoms with Crippen LogP contribution in [0, 0.1) is 5.41 Å². The lowest BCUT2D eigenvalue weighted by molar-refractivity contribution is -0.149. The Kier molecular flexibility index (Phi) is 21.9. The Bertz CT molecular complexity index is 603. The molecule has 0 aliphatic carbocycles. The van der Waals surface area contributed by atoms with Gasteiger partial charge in [0.1, 0.15) is 12.6 Å². The van der Waals surface area contributed by atoms with Gasteiger partial charge in [0.25, 0.3) is 0 Å². The number of hydrogen-bond acceptors (Lipinski definition) is 6. The van der Waals surface area contributed by atoms with Crippen molar-refractivity contribution in [1.29, 1.82) is 5.41 Å². The van der Waals surface area contributed by atoms with E-state index in [1.54, 1.807) is 6.08 Å². The van der Waals surface area contributed by atoms with Gasteiger partial charge in [-0.2, -0.15) is 0 Å². The van der Waals surface area contributed by atoms with E-state index < -0.39 is 24.2 Å². The van der Waals surface area contributed by atoms with Crippen LogP contribution in [0.25, 0.3) is 0 Å². The summed E-state index contributed by atoms with van der Waals surface area (Å²) in [5.41, 5.74) is 11.1. The van der Waals surface area contributed by atoms with E-state index in [1.165, 1.54) is 64.2 Å². The molecule has 0 spiro atoms. The first kappa shape index (κ1) is 33.9. The zero-order valence-electron chi connectivity index (χ0n) is 22.6. The minimum atomic E-state index is -0.880. The van der Waals surface area contributed by atoms with E-state index in [-0.39, 0.29) is 31.4 Å². The third-order valence-corrected chi connectivity index (χ3v) is 6.20. The van der Waals surface area contributed by atoms with Crippen molar-refractivity contribution in [3.8, 4) is 0 Å². The smallest absolute Gasteiger partial charge is 0.328 e. The second kappa shape index (κ2) is 23.3. The Morgan fingerprint density at radius 1 is 1.00 bits per heavy atom. The lowest BCUT2D eigenvalue weighted by Gasteiger charge is -2.21. The molecule has 210 valence electrons. The zero-order valence-corrected chi connectivity index (χ0v) is 22.6. The van der Waals surface area contributed by atoms with E-state index in [0.717, 1.165) is 19.3 Å². The molecule has 36 heavy (non-hydrogen) atoms. The van der Waals surface area contributed by atoms with Crippen LogP contribution in [0.3, 0.4) is 0 Å². The Morgan fingerprint density at radius 2 is 1.53 bits per heavy atom. The first-order valence-electron chi connectivity index (χ1n) is 13.9. The highest BCUT2D eigenvalue weighted by Gasteiger charge is 2.24. The second-order valence-electron chi connectivity index (χ2n) is 9.63. The summed E-state index contributed by atoms with van der Waals surface area (Å²) in [5.74, 6) is -1.05. The molecule has 0 fully saturated rings. The molecule has 0 aromatic rings. The second-order valence-corrected chi connectivity index (χ2v) is 9.63. The largest absolute Gasteiger partial charge is 0.462 e. The van der Waals surface area contributed by atoms with Gasteiger partial charge in [0.2, 0.25) is 5.91 Å². The van der Waals surface area contributed by atoms with Gasteiger partial charge in [-0.1, -0.05) is 90.0 Å². The number of carbonyl (C=O) groups excluding carboxylic acids is 2. The molecule has 0 aliphatic heterocycles. The van der Waals surface area contributed by atoms with Gasteiger partial charge < -0.3 is 31.9 Å². The summed E-state index contributed by atoms with van der Waals surface area (Å²) in [5, 5.41) is 22.5. The van der Waals surface area contributed by atoms with Gasteiger partial charge in [0, 0.05) is 13.0 Å². The van der Waals surface area contributed by atoms with Crippen LogP contribution >= 0.6 is 0 Å². The molecule has 9 nitrogen and oxygen atoms in total. The number of nitrogens with one attached hydrogen (secondary N) is 3. The summed E-state index contributed by atoms with van der Waals surface area (Å²) in [7, 11) is 0. The highest BCUT2D eigenvalue weighted by Crippen LogP contribution is 2.13. The molecule has 9 heteroatoms. The molecule has 0 aromatic carbocycles. The SMILES string of the molecule is C=CC[C@@H](O)[C@H](N)COC(=O)C(CCNC(=N)N)NC(=O)CCCCCCCCCCCCCCC. The highest BCUT2D eigenvalue weighted by atomic mass is 16.5. The van der Waals surface area contributed by atoms with Crippen LogP contribution in [-0.2, 0) is 14.3 Å². The number of amides is 1. The number of ether oxygens (including phenoxy) is 1. The molecule has 0 heterocycles. The van der Waals surface area contributed by atoms with Gasteiger partial charge in [0.15, 0.2) is 5.96 Å². The van der Waals surface area contributed by atoms with E-state index in [4.69, 9.17) is 21.6 Å². The molecule has 0 aromatic heterocycles. The molecule has 0 saturated heterocycles. The van der Waals surface area contributed by atoms with Crippen LogP contribution in [0.1, 0.15) is 110 Å². The molecule has 0 aliphatic rings. The standard InChI is InChI=1S/C27H53N5O4/c1-3-5-6-7-8-9-10-11-12-13-14-15-16-18-25(34)32-23(19-20-31-27(29)30)26(35)36-21-22(28)24(33)17-4-2/h4,22-24,33H,2-3,5-21,28H2,1H3,(H,32,34)(H4,29,30,31)/t22-,23?,24-/m1/s1. The molecular formula is C27H53N5O4. The number of nitrogens with two attached hydrogens (primary N) is 2. The van der Waals surface area contributed by atoms with Crippen molar-refractivity contribution in [2.24, 2.45) is 11.5 Å². The predicted molar refractivity (Wildman–Crippen MR) is 147 cm³/mol. The van der Waals surface area contributed by atoms with Crippen LogP contribution in [0.15, 0.2) is 12.7 Å². The Balaban J connectivity index is 4.15. The summed E-state index contributed by atoms with van der Waals surface area (Å²) in [6.45, 7) is 5.86. The maximum Gasteiger partial charge on any atom is 0.328 e. The summed E-state index contributed by atoms with van der Waals surface area (Å²) >= 11 is 0. The molecule has 8 N–H and O–H groups in total. The van der Waals surface area contributed by atoms with Gasteiger partial charge in [-0.25, -0.2) is 4.79 Å². The van der Waals surface area contributed by atoms with Crippen molar-refractivity contribution in [2.45, 2.75) is 128 Å². The van der Waals surface area contributed by atoms with E-state index in [9.17, 15) is 14.7 Å². The van der Waals surface area contributed by atoms with Crippen molar-refractivity contribution in [2.75, 3.05) is 13.2 Å². The quantitative estimate of drug-likeness (QED) is 0.0379. The van der Waals surface area contributed by atoms with Gasteiger partial charge in [-0.15, -0.1) is 6.58 Å². The topological polar surface area (TPSA) is 164 Å². The van der Waals surface area contributed by atoms with Crippen molar-refractivity contribution >= 4 is 17.8 Å². The van der Waals surface area contributed by atoms with Crippen molar-refractivity contribution in [1.82, 2.24) is 10.6 Å². The van der Waals surface area contributed by atoms with E-state index in [2.05, 4.69) is 24.1 Å². The molecule has 0 radical (unpaired) electrons. The number of hydrogen-bond donors (Lipinski definition) is 6. The maximum atomic E-state index is 12.5. The normalized spacial score (nSPS) is 13.4. The van der Waals surface area contributed by atoms with Crippen molar-refractivity contribution in [3.63, 3.8) is 0 Å². The Hall–Kier alpha value is -2.13. The van der Waals surface area contributed by atoms with E-state index in [0.29, 0.717) is 12.8 Å². The van der Waals surface area contributed by atoms with Crippen molar-refractivity contribution in [3.05, 3.63) is 12.7 Å². The number of esters is 1. The highest BCUT2D eigenvalue weighted by molar-refractivity contribution is 5.84. The molecule has 0 saturated carbocycles. The van der Waals surface area contributed by atoms with Gasteiger partial charge in [-0.05, 0) is 19.3 Å². The minimum absolute atomic E-state index is 0.167. The molecule has 0 rings (SSSR count). The fourth-order valence-corrected chi connectivity index (χ4v) is 3.91. The third-order valence-electron chi connectivity index (χ3n) is 6.20. The zero-order chi connectivity index (χ0) is 27.0. The van der Waals surface area contributed by atoms with Gasteiger partial charge >= 0.3 is 5.97 Å². The summed E-state index contributed by atoms with van der Waals surface area (Å²) in [4.78, 5) is 24.9. The number of carbonyl (C=O) groups is 2. The van der Waals surface area contributed by atoms with Crippen LogP contribution in [0.2, 0.25) is 0 Å². The third kappa shape index (κ3) is 20.1. The Morgan fingerprint density at radius 3 is 2.03 bits per heavy atom. The summed E-state index contributed by atoms with van der Waals surface area (Å²) in [6, 6.07) is -1.63. The van der Waals surface area contributed by atoms with Crippen LogP contribution < -0.4 is 22.1 Å². The first-order chi connectivity index (χ1) is 17.3. The predicted octanol–water partition coefficient (Wildman–Crippen LogP) is 3.63. The molecule has 0 bridgehead atoms. The molecule has 1 amide bonds. The fourth-order valence-electron chi connectivity index (χ4n) is 3.91. The van der Waals surface area contributed by atoms with Gasteiger partial charge in [-0.3, -0.25) is 10.2 Å². The number of aliphatic hydroxyl groups excluding tert-OH is 1. The van der Waals surface area contributed by atoms with Crippen LogP contribution in [0.4, 0.5) is 0 Å². The first-order valence-corrected chi connectivity index (χ1v) is 13.9. The maximum absolute atomic E-state index is 12.5. The summed E-state index contributed by atoms with van der Waals surface area (Å²) < 4.78 is 5.23. The molecule has 3 atom stereocenters. The molecular weight excluding hydrogens is 458 g/mol. The van der Waals surface area contributed by atoms with E-state index in [1.807, 2.05) is 0 Å². The van der Waals surface area contributed by atoms with Crippen LogP contribution in [-0.4, -0.2) is 54.3 Å². The number of rotatable bonds is 24. The fraction of sp³-hybridized carbons (Fsp3) is 0.815. The molecule has 1 unspecified atom stereocenters. The average Bonchev–Trinajstić information content (AvgIpc) is 2.84. The minimum Gasteiger partial charge on any atom is -0.462 e. The van der Waals surface area contributed by atoms with Crippen LogP contribution in [0.5, 0.6) is 0 Å². The summed E-state index contributed by atoms with van der Waals surface area (Å²) in [6.07, 6.45) is 17.6. The lowest BCUT2D eigenvalue weighted by Crippen LogP contribution is -2.46. The lowest BCUT2D eigenvalue weighted by atomic mass is 10.0. The number of unbranched alkanes of at least 4 members (excludes halogenated alkanes) is 12.